The Morgan fingerprint density at radius 3 is 2.89 bits per heavy atom. The molecule has 3 aromatic rings. The van der Waals surface area contributed by atoms with Crippen molar-refractivity contribution in [1.29, 1.82) is 0 Å². The van der Waals surface area contributed by atoms with Crippen molar-refractivity contribution in [2.75, 3.05) is 5.32 Å². The Balaban J connectivity index is 1.87. The molecule has 19 heavy (non-hydrogen) atoms. The van der Waals surface area contributed by atoms with Gasteiger partial charge in [0.25, 0.3) is 5.56 Å². The van der Waals surface area contributed by atoms with Crippen molar-refractivity contribution < 1.29 is 0 Å². The third-order valence-electron chi connectivity index (χ3n) is 2.67. The fraction of sp³-hybridized carbons (Fsp3) is 0.0769. The van der Waals surface area contributed by atoms with E-state index in [0.717, 1.165) is 3.79 Å². The molecule has 0 fully saturated rings. The van der Waals surface area contributed by atoms with E-state index in [1.807, 2.05) is 30.3 Å². The number of hydrogen-bond donors (Lipinski definition) is 2. The second-order valence-corrected chi connectivity index (χ2v) is 6.54. The first-order valence-corrected chi connectivity index (χ1v) is 7.30. The molecule has 3 rings (SSSR count). The van der Waals surface area contributed by atoms with E-state index in [1.165, 1.54) is 4.88 Å². The SMILES string of the molecule is O=c1[nH]c(NCc2ccc(Br)s2)nc2ccccc12. The van der Waals surface area contributed by atoms with Gasteiger partial charge in [-0.1, -0.05) is 12.1 Å². The van der Waals surface area contributed by atoms with Crippen LogP contribution in [0.5, 0.6) is 0 Å². The van der Waals surface area contributed by atoms with Crippen molar-refractivity contribution in [3.05, 3.63) is 55.4 Å². The first-order valence-electron chi connectivity index (χ1n) is 5.69. The Morgan fingerprint density at radius 2 is 2.11 bits per heavy atom. The van der Waals surface area contributed by atoms with Crippen molar-refractivity contribution >= 4 is 44.1 Å². The van der Waals surface area contributed by atoms with Crippen LogP contribution in [0.1, 0.15) is 4.88 Å². The van der Waals surface area contributed by atoms with E-state index >= 15 is 0 Å². The zero-order valence-corrected chi connectivity index (χ0v) is 12.2. The van der Waals surface area contributed by atoms with Crippen LogP contribution >= 0.6 is 27.3 Å². The molecule has 0 unspecified atom stereocenters. The zero-order chi connectivity index (χ0) is 13.2. The Morgan fingerprint density at radius 1 is 1.26 bits per heavy atom. The second-order valence-electron chi connectivity index (χ2n) is 3.99. The Kier molecular flexibility index (Phi) is 3.35. The number of hydrogen-bond acceptors (Lipinski definition) is 4. The minimum absolute atomic E-state index is 0.125. The maximum absolute atomic E-state index is 11.9. The maximum Gasteiger partial charge on any atom is 0.260 e. The van der Waals surface area contributed by atoms with Crippen LogP contribution in [0.4, 0.5) is 5.95 Å². The fourth-order valence-corrected chi connectivity index (χ4v) is 3.21. The van der Waals surface area contributed by atoms with Gasteiger partial charge in [-0.25, -0.2) is 4.98 Å². The van der Waals surface area contributed by atoms with Crippen LogP contribution in [0.2, 0.25) is 0 Å². The van der Waals surface area contributed by atoms with Crippen LogP contribution < -0.4 is 10.9 Å². The standard InChI is InChI=1S/C13H10BrN3OS/c14-11-6-5-8(19-11)7-15-13-16-10-4-2-1-3-9(10)12(18)17-13/h1-6H,7H2,(H2,15,16,17,18). The van der Waals surface area contributed by atoms with E-state index < -0.39 is 0 Å². The lowest BCUT2D eigenvalue weighted by Gasteiger charge is -2.04. The molecular formula is C13H10BrN3OS. The second kappa shape index (κ2) is 5.14. The molecule has 0 atom stereocenters. The molecule has 0 saturated carbocycles. The van der Waals surface area contributed by atoms with Crippen LogP contribution in [-0.4, -0.2) is 9.97 Å². The number of halogens is 1. The number of H-pyrrole nitrogens is 1. The van der Waals surface area contributed by atoms with Gasteiger partial charge in [-0.3, -0.25) is 9.78 Å². The highest BCUT2D eigenvalue weighted by atomic mass is 79.9. The molecule has 2 aromatic heterocycles. The summed E-state index contributed by atoms with van der Waals surface area (Å²) in [7, 11) is 0. The molecule has 0 amide bonds. The summed E-state index contributed by atoms with van der Waals surface area (Å²) in [5.41, 5.74) is 0.571. The van der Waals surface area contributed by atoms with Gasteiger partial charge in [0.15, 0.2) is 0 Å². The number of aromatic amines is 1. The predicted octanol–water partition coefficient (Wildman–Crippen LogP) is 3.36. The van der Waals surface area contributed by atoms with Gasteiger partial charge >= 0.3 is 0 Å². The average Bonchev–Trinajstić information content (AvgIpc) is 2.82. The summed E-state index contributed by atoms with van der Waals surface area (Å²) in [5, 5.41) is 3.73. The van der Waals surface area contributed by atoms with E-state index in [2.05, 4.69) is 31.2 Å². The first kappa shape index (κ1) is 12.4. The smallest absolute Gasteiger partial charge is 0.260 e. The molecule has 0 aliphatic heterocycles. The van der Waals surface area contributed by atoms with E-state index in [-0.39, 0.29) is 5.56 Å². The van der Waals surface area contributed by atoms with Crippen LogP contribution in [0.15, 0.2) is 45.0 Å². The highest BCUT2D eigenvalue weighted by Crippen LogP contribution is 2.22. The van der Waals surface area contributed by atoms with Gasteiger partial charge in [-0.2, -0.15) is 0 Å². The molecule has 4 nitrogen and oxygen atoms in total. The Hall–Kier alpha value is -1.66. The molecule has 2 heterocycles. The average molecular weight is 336 g/mol. The van der Waals surface area contributed by atoms with Gasteiger partial charge in [0.1, 0.15) is 0 Å². The lowest BCUT2D eigenvalue weighted by atomic mass is 10.2. The van der Waals surface area contributed by atoms with Crippen LogP contribution in [0.3, 0.4) is 0 Å². The molecule has 96 valence electrons. The molecule has 2 N–H and O–H groups in total. The van der Waals surface area contributed by atoms with Gasteiger partial charge in [0, 0.05) is 4.88 Å². The molecule has 0 radical (unpaired) electrons. The number of fused-ring (bicyclic) bond motifs is 1. The number of para-hydroxylation sites is 1. The van der Waals surface area contributed by atoms with E-state index in [9.17, 15) is 4.79 Å². The molecule has 0 spiro atoms. The summed E-state index contributed by atoms with van der Waals surface area (Å²) in [6.07, 6.45) is 0. The van der Waals surface area contributed by atoms with E-state index in [1.54, 1.807) is 17.4 Å². The van der Waals surface area contributed by atoms with Crippen molar-refractivity contribution in [2.45, 2.75) is 6.54 Å². The quantitative estimate of drug-likeness (QED) is 0.771. The minimum atomic E-state index is -0.125. The van der Waals surface area contributed by atoms with Gasteiger partial charge in [0.2, 0.25) is 5.95 Å². The van der Waals surface area contributed by atoms with E-state index in [4.69, 9.17) is 0 Å². The monoisotopic (exact) mass is 335 g/mol. The topological polar surface area (TPSA) is 57.8 Å². The molecule has 0 aliphatic rings. The first-order chi connectivity index (χ1) is 9.22. The largest absolute Gasteiger partial charge is 0.351 e. The number of benzene rings is 1. The Labute approximate surface area is 121 Å². The Bertz CT molecular complexity index is 781. The number of aromatic nitrogens is 2. The van der Waals surface area contributed by atoms with Gasteiger partial charge in [-0.05, 0) is 40.2 Å². The van der Waals surface area contributed by atoms with Crippen molar-refractivity contribution in [2.24, 2.45) is 0 Å². The molecular weight excluding hydrogens is 326 g/mol. The summed E-state index contributed by atoms with van der Waals surface area (Å²) in [6.45, 7) is 0.636. The van der Waals surface area contributed by atoms with Crippen molar-refractivity contribution in [3.63, 3.8) is 0 Å². The minimum Gasteiger partial charge on any atom is -0.351 e. The molecule has 0 bridgehead atoms. The van der Waals surface area contributed by atoms with Gasteiger partial charge in [-0.15, -0.1) is 11.3 Å². The molecule has 1 aromatic carbocycles. The number of nitrogens with one attached hydrogen (secondary N) is 2. The van der Waals surface area contributed by atoms with Crippen molar-refractivity contribution in [3.8, 4) is 0 Å². The zero-order valence-electron chi connectivity index (χ0n) is 9.81. The number of thiophene rings is 1. The number of anilines is 1. The summed E-state index contributed by atoms with van der Waals surface area (Å²) in [6, 6.07) is 11.3. The summed E-state index contributed by atoms with van der Waals surface area (Å²) in [4.78, 5) is 20.2. The third kappa shape index (κ3) is 2.69. The summed E-state index contributed by atoms with van der Waals surface area (Å²) >= 11 is 5.07. The lowest BCUT2D eigenvalue weighted by Crippen LogP contribution is -2.12. The maximum atomic E-state index is 11.9. The normalized spacial score (nSPS) is 10.8. The highest BCUT2D eigenvalue weighted by molar-refractivity contribution is 9.11. The molecule has 0 saturated heterocycles. The van der Waals surface area contributed by atoms with Crippen molar-refractivity contribution in [1.82, 2.24) is 9.97 Å². The number of nitrogens with zero attached hydrogens (tertiary/aromatic N) is 1. The van der Waals surface area contributed by atoms with E-state index in [0.29, 0.717) is 23.4 Å². The third-order valence-corrected chi connectivity index (χ3v) is 4.30. The van der Waals surface area contributed by atoms with Crippen LogP contribution in [0, 0.1) is 0 Å². The molecule has 6 heteroatoms. The summed E-state index contributed by atoms with van der Waals surface area (Å²) < 4.78 is 1.09. The van der Waals surface area contributed by atoms with Gasteiger partial charge in [0.05, 0.1) is 21.2 Å². The van der Waals surface area contributed by atoms with Crippen LogP contribution in [0.25, 0.3) is 10.9 Å². The van der Waals surface area contributed by atoms with Gasteiger partial charge < -0.3 is 5.32 Å². The fourth-order valence-electron chi connectivity index (χ4n) is 1.79. The predicted molar refractivity (Wildman–Crippen MR) is 81.7 cm³/mol. The van der Waals surface area contributed by atoms with Crippen LogP contribution in [-0.2, 0) is 6.54 Å². The lowest BCUT2D eigenvalue weighted by molar-refractivity contribution is 1.07. The molecule has 0 aliphatic carbocycles. The number of rotatable bonds is 3. The summed E-state index contributed by atoms with van der Waals surface area (Å²) in [5.74, 6) is 0.494. The highest BCUT2D eigenvalue weighted by Gasteiger charge is 2.03.